The van der Waals surface area contributed by atoms with Crippen LogP contribution in [0.15, 0.2) is 42.7 Å². The van der Waals surface area contributed by atoms with Crippen LogP contribution in [0.2, 0.25) is 0 Å². The van der Waals surface area contributed by atoms with Gasteiger partial charge < -0.3 is 15.4 Å². The molecule has 2 rings (SSSR count). The topological polar surface area (TPSA) is 48.0 Å². The van der Waals surface area contributed by atoms with Crippen molar-refractivity contribution in [1.82, 2.24) is 4.98 Å². The zero-order valence-electron chi connectivity index (χ0n) is 9.27. The molecule has 0 bridgehead atoms. The van der Waals surface area contributed by atoms with Gasteiger partial charge in [-0.15, -0.1) is 0 Å². The van der Waals surface area contributed by atoms with Crippen molar-refractivity contribution in [2.24, 2.45) is 0 Å². The summed E-state index contributed by atoms with van der Waals surface area (Å²) in [5.74, 6) is 0. The summed E-state index contributed by atoms with van der Waals surface area (Å²) >= 11 is 0. The Kier molecular flexibility index (Phi) is 3.27. The second kappa shape index (κ2) is 4.86. The molecule has 0 aliphatic heterocycles. The first kappa shape index (κ1) is 10.8. The molecule has 84 valence electrons. The summed E-state index contributed by atoms with van der Waals surface area (Å²) in [6.45, 7) is 2.53. The maximum atomic E-state index is 9.62. The van der Waals surface area contributed by atoms with Gasteiger partial charge in [-0.1, -0.05) is 18.2 Å². The number of H-pyrrole nitrogens is 1. The van der Waals surface area contributed by atoms with Crippen LogP contribution in [-0.4, -0.2) is 10.1 Å². The Labute approximate surface area is 95.1 Å². The molecule has 0 amide bonds. The lowest BCUT2D eigenvalue weighted by Crippen LogP contribution is -2.03. The molecule has 0 spiro atoms. The number of nitrogens with one attached hydrogen (secondary N) is 2. The summed E-state index contributed by atoms with van der Waals surface area (Å²) in [5, 5.41) is 12.9. The molecule has 2 aromatic rings. The monoisotopic (exact) mass is 216 g/mol. The number of aromatic nitrogens is 1. The van der Waals surface area contributed by atoms with Crippen LogP contribution in [0, 0.1) is 0 Å². The van der Waals surface area contributed by atoms with Gasteiger partial charge in [0.2, 0.25) is 0 Å². The molecule has 1 unspecified atom stereocenters. The van der Waals surface area contributed by atoms with E-state index < -0.39 is 6.10 Å². The third kappa shape index (κ3) is 2.44. The van der Waals surface area contributed by atoms with Crippen LogP contribution in [0.3, 0.4) is 0 Å². The molecular formula is C13H16N2O. The number of benzene rings is 1. The predicted molar refractivity (Wildman–Crippen MR) is 65.2 cm³/mol. The molecule has 1 aromatic heterocycles. The van der Waals surface area contributed by atoms with Gasteiger partial charge in [-0.05, 0) is 24.6 Å². The third-order valence-corrected chi connectivity index (χ3v) is 2.56. The zero-order chi connectivity index (χ0) is 11.4. The van der Waals surface area contributed by atoms with E-state index in [2.05, 4.69) is 10.3 Å². The lowest BCUT2D eigenvalue weighted by Gasteiger charge is -2.13. The normalized spacial score (nSPS) is 12.4. The molecule has 1 heterocycles. The summed E-state index contributed by atoms with van der Waals surface area (Å²) in [4.78, 5) is 3.01. The highest BCUT2D eigenvalue weighted by molar-refractivity contribution is 5.52. The minimum absolute atomic E-state index is 0.449. The number of hydrogen-bond acceptors (Lipinski definition) is 2. The number of aliphatic hydroxyl groups excluding tert-OH is 1. The Morgan fingerprint density at radius 1 is 1.31 bits per heavy atom. The van der Waals surface area contributed by atoms with Crippen LogP contribution in [0.4, 0.5) is 5.69 Å². The molecule has 16 heavy (non-hydrogen) atoms. The molecule has 0 radical (unpaired) electrons. The standard InChI is InChI=1S/C13H16N2O/c1-10(16)12-4-2-3-5-13(12)15-9-11-6-7-14-8-11/h2-8,10,14-16H,9H2,1H3. The quantitative estimate of drug-likeness (QED) is 0.736. The fourth-order valence-corrected chi connectivity index (χ4v) is 1.69. The van der Waals surface area contributed by atoms with Crippen molar-refractivity contribution in [3.05, 3.63) is 53.9 Å². The molecular weight excluding hydrogens is 200 g/mol. The summed E-state index contributed by atoms with van der Waals surface area (Å²) in [6.07, 6.45) is 3.41. The molecule has 0 saturated heterocycles. The Morgan fingerprint density at radius 2 is 2.12 bits per heavy atom. The van der Waals surface area contributed by atoms with E-state index in [-0.39, 0.29) is 0 Å². The minimum Gasteiger partial charge on any atom is -0.389 e. The van der Waals surface area contributed by atoms with Gasteiger partial charge in [-0.2, -0.15) is 0 Å². The highest BCUT2D eigenvalue weighted by atomic mass is 16.3. The number of hydrogen-bond donors (Lipinski definition) is 3. The van der Waals surface area contributed by atoms with Gasteiger partial charge in [0.25, 0.3) is 0 Å². The summed E-state index contributed by atoms with van der Waals surface area (Å²) < 4.78 is 0. The number of aromatic amines is 1. The highest BCUT2D eigenvalue weighted by Gasteiger charge is 2.06. The van der Waals surface area contributed by atoms with Gasteiger partial charge in [-0.25, -0.2) is 0 Å². The Bertz CT molecular complexity index is 435. The summed E-state index contributed by atoms with van der Waals surface area (Å²) in [7, 11) is 0. The van der Waals surface area contributed by atoms with Crippen molar-refractivity contribution < 1.29 is 5.11 Å². The van der Waals surface area contributed by atoms with Gasteiger partial charge >= 0.3 is 0 Å². The smallest absolute Gasteiger partial charge is 0.0781 e. The fraction of sp³-hybridized carbons (Fsp3) is 0.231. The molecule has 3 nitrogen and oxygen atoms in total. The number of aliphatic hydroxyl groups is 1. The largest absolute Gasteiger partial charge is 0.389 e. The van der Waals surface area contributed by atoms with Crippen molar-refractivity contribution >= 4 is 5.69 Å². The number of rotatable bonds is 4. The van der Waals surface area contributed by atoms with E-state index in [0.717, 1.165) is 17.8 Å². The van der Waals surface area contributed by atoms with Crippen LogP contribution in [-0.2, 0) is 6.54 Å². The first-order chi connectivity index (χ1) is 7.77. The van der Waals surface area contributed by atoms with E-state index in [4.69, 9.17) is 0 Å². The average Bonchev–Trinajstić information content (AvgIpc) is 2.79. The van der Waals surface area contributed by atoms with Crippen molar-refractivity contribution in [3.63, 3.8) is 0 Å². The van der Waals surface area contributed by atoms with Crippen LogP contribution in [0.1, 0.15) is 24.2 Å². The number of para-hydroxylation sites is 1. The van der Waals surface area contributed by atoms with E-state index in [9.17, 15) is 5.11 Å². The van der Waals surface area contributed by atoms with Crippen LogP contribution >= 0.6 is 0 Å². The van der Waals surface area contributed by atoms with E-state index >= 15 is 0 Å². The SMILES string of the molecule is CC(O)c1ccccc1NCc1cc[nH]c1. The van der Waals surface area contributed by atoms with Crippen LogP contribution in [0.25, 0.3) is 0 Å². The number of anilines is 1. The summed E-state index contributed by atoms with van der Waals surface area (Å²) in [5.41, 5.74) is 3.11. The third-order valence-electron chi connectivity index (χ3n) is 2.56. The second-order valence-corrected chi connectivity index (χ2v) is 3.84. The van der Waals surface area contributed by atoms with Crippen LogP contribution < -0.4 is 5.32 Å². The van der Waals surface area contributed by atoms with E-state index in [1.54, 1.807) is 6.92 Å². The van der Waals surface area contributed by atoms with E-state index in [1.807, 2.05) is 42.7 Å². The highest BCUT2D eigenvalue weighted by Crippen LogP contribution is 2.22. The fourth-order valence-electron chi connectivity index (χ4n) is 1.69. The molecule has 0 saturated carbocycles. The Morgan fingerprint density at radius 3 is 2.81 bits per heavy atom. The Balaban J connectivity index is 2.09. The first-order valence-corrected chi connectivity index (χ1v) is 5.40. The summed E-state index contributed by atoms with van der Waals surface area (Å²) in [6, 6.07) is 9.84. The first-order valence-electron chi connectivity index (χ1n) is 5.40. The Hall–Kier alpha value is -1.74. The molecule has 0 aliphatic carbocycles. The lowest BCUT2D eigenvalue weighted by atomic mass is 10.1. The molecule has 0 aliphatic rings. The van der Waals surface area contributed by atoms with E-state index in [1.165, 1.54) is 5.56 Å². The molecule has 1 atom stereocenters. The van der Waals surface area contributed by atoms with Crippen molar-refractivity contribution in [2.45, 2.75) is 19.6 Å². The lowest BCUT2D eigenvalue weighted by molar-refractivity contribution is 0.200. The van der Waals surface area contributed by atoms with Gasteiger partial charge in [0.15, 0.2) is 0 Å². The molecule has 1 aromatic carbocycles. The molecule has 3 N–H and O–H groups in total. The second-order valence-electron chi connectivity index (χ2n) is 3.84. The molecule has 0 fully saturated rings. The zero-order valence-corrected chi connectivity index (χ0v) is 9.27. The predicted octanol–water partition coefficient (Wildman–Crippen LogP) is 2.68. The maximum Gasteiger partial charge on any atom is 0.0781 e. The van der Waals surface area contributed by atoms with Gasteiger partial charge in [0.1, 0.15) is 0 Å². The van der Waals surface area contributed by atoms with Crippen molar-refractivity contribution in [2.75, 3.05) is 5.32 Å². The molecule has 3 heteroatoms. The van der Waals surface area contributed by atoms with Crippen molar-refractivity contribution in [1.29, 1.82) is 0 Å². The van der Waals surface area contributed by atoms with Gasteiger partial charge in [-0.3, -0.25) is 0 Å². The van der Waals surface area contributed by atoms with Gasteiger partial charge in [0.05, 0.1) is 6.10 Å². The van der Waals surface area contributed by atoms with E-state index in [0.29, 0.717) is 0 Å². The van der Waals surface area contributed by atoms with Crippen LogP contribution in [0.5, 0.6) is 0 Å². The average molecular weight is 216 g/mol. The minimum atomic E-state index is -0.449. The maximum absolute atomic E-state index is 9.62. The van der Waals surface area contributed by atoms with Crippen molar-refractivity contribution in [3.8, 4) is 0 Å². The van der Waals surface area contributed by atoms with Gasteiger partial charge in [0, 0.05) is 30.2 Å².